The Bertz CT molecular complexity index is 1170. The van der Waals surface area contributed by atoms with Crippen molar-refractivity contribution in [2.24, 2.45) is 0 Å². The molecule has 0 fully saturated rings. The third kappa shape index (κ3) is 3.05. The number of carbonyl (C=O) groups excluding carboxylic acids is 2. The molecule has 4 aromatic rings. The molecule has 2 heterocycles. The molecular formula is C18H10ClFN2O2S2. The summed E-state index contributed by atoms with van der Waals surface area (Å²) >= 11 is 8.85. The van der Waals surface area contributed by atoms with Gasteiger partial charge in [-0.2, -0.15) is 0 Å². The Morgan fingerprint density at radius 3 is 2.62 bits per heavy atom. The first kappa shape index (κ1) is 17.0. The molecule has 0 aliphatic carbocycles. The number of hydrogen-bond acceptors (Lipinski definition) is 4. The van der Waals surface area contributed by atoms with Crippen molar-refractivity contribution in [1.82, 2.24) is 10.9 Å². The molecule has 0 saturated heterocycles. The van der Waals surface area contributed by atoms with Crippen LogP contribution in [0, 0.1) is 5.82 Å². The quantitative estimate of drug-likeness (QED) is 0.463. The molecule has 8 heteroatoms. The van der Waals surface area contributed by atoms with Gasteiger partial charge in [0, 0.05) is 20.3 Å². The molecule has 0 atom stereocenters. The van der Waals surface area contributed by atoms with Gasteiger partial charge < -0.3 is 0 Å². The van der Waals surface area contributed by atoms with Crippen molar-refractivity contribution < 1.29 is 14.0 Å². The molecule has 4 rings (SSSR count). The molecule has 0 unspecified atom stereocenters. The van der Waals surface area contributed by atoms with E-state index in [0.717, 1.165) is 21.4 Å². The molecule has 0 aliphatic rings. The lowest BCUT2D eigenvalue weighted by Gasteiger charge is -2.07. The average molecular weight is 405 g/mol. The summed E-state index contributed by atoms with van der Waals surface area (Å²) in [7, 11) is 0. The number of thiophene rings is 2. The largest absolute Gasteiger partial charge is 0.281 e. The van der Waals surface area contributed by atoms with Crippen LogP contribution in [0.2, 0.25) is 5.02 Å². The van der Waals surface area contributed by atoms with Crippen molar-refractivity contribution in [2.75, 3.05) is 0 Å². The van der Waals surface area contributed by atoms with E-state index in [4.69, 9.17) is 11.6 Å². The van der Waals surface area contributed by atoms with E-state index in [1.165, 1.54) is 18.2 Å². The second-order valence-corrected chi connectivity index (χ2v) is 7.84. The predicted molar refractivity (Wildman–Crippen MR) is 104 cm³/mol. The van der Waals surface area contributed by atoms with E-state index in [-0.39, 0.29) is 9.90 Å². The van der Waals surface area contributed by atoms with Gasteiger partial charge in [0.2, 0.25) is 0 Å². The van der Waals surface area contributed by atoms with Gasteiger partial charge in [-0.1, -0.05) is 11.6 Å². The van der Waals surface area contributed by atoms with Crippen molar-refractivity contribution in [3.63, 3.8) is 0 Å². The van der Waals surface area contributed by atoms with E-state index in [0.29, 0.717) is 15.6 Å². The van der Waals surface area contributed by atoms with Crippen LogP contribution in [-0.2, 0) is 0 Å². The van der Waals surface area contributed by atoms with E-state index in [1.807, 2.05) is 17.5 Å². The van der Waals surface area contributed by atoms with Crippen LogP contribution >= 0.6 is 34.3 Å². The molecular weight excluding hydrogens is 395 g/mol. The van der Waals surface area contributed by atoms with E-state index in [9.17, 15) is 14.0 Å². The number of rotatable bonds is 2. The van der Waals surface area contributed by atoms with Gasteiger partial charge in [-0.25, -0.2) is 4.39 Å². The Labute approximate surface area is 160 Å². The van der Waals surface area contributed by atoms with Gasteiger partial charge >= 0.3 is 0 Å². The summed E-state index contributed by atoms with van der Waals surface area (Å²) in [6.07, 6.45) is 0. The van der Waals surface area contributed by atoms with Crippen LogP contribution in [0.25, 0.3) is 20.2 Å². The second-order valence-electron chi connectivity index (χ2n) is 5.47. The number of benzene rings is 2. The zero-order valence-electron chi connectivity index (χ0n) is 13.0. The highest BCUT2D eigenvalue weighted by molar-refractivity contribution is 7.21. The zero-order chi connectivity index (χ0) is 18.3. The third-order valence-corrected chi connectivity index (χ3v) is 6.36. The summed E-state index contributed by atoms with van der Waals surface area (Å²) in [5.41, 5.74) is 5.16. The number of amides is 2. The molecule has 0 saturated carbocycles. The third-order valence-electron chi connectivity index (χ3n) is 3.80. The molecule has 0 radical (unpaired) electrons. The smallest absolute Gasteiger partial charge is 0.267 e. The first-order valence-electron chi connectivity index (χ1n) is 7.48. The minimum atomic E-state index is -0.554. The second kappa shape index (κ2) is 6.68. The number of nitrogens with one attached hydrogen (secondary N) is 2. The predicted octanol–water partition coefficient (Wildman–Crippen LogP) is 4.98. The van der Waals surface area contributed by atoms with Gasteiger partial charge in [0.05, 0.1) is 5.02 Å². The number of fused-ring (bicyclic) bond motifs is 2. The summed E-state index contributed by atoms with van der Waals surface area (Å²) in [6, 6.07) is 11.3. The molecule has 4 nitrogen and oxygen atoms in total. The van der Waals surface area contributed by atoms with Crippen molar-refractivity contribution in [3.8, 4) is 0 Å². The molecule has 2 amide bonds. The molecule has 0 aliphatic heterocycles. The summed E-state index contributed by atoms with van der Waals surface area (Å²) < 4.78 is 15.0. The Kier molecular flexibility index (Phi) is 4.36. The lowest BCUT2D eigenvalue weighted by molar-refractivity contribution is 0.0849. The van der Waals surface area contributed by atoms with Crippen LogP contribution in [-0.4, -0.2) is 11.8 Å². The van der Waals surface area contributed by atoms with Crippen LogP contribution in [0.5, 0.6) is 0 Å². The van der Waals surface area contributed by atoms with Crippen LogP contribution in [0.4, 0.5) is 4.39 Å². The highest BCUT2D eigenvalue weighted by Crippen LogP contribution is 2.35. The van der Waals surface area contributed by atoms with E-state index >= 15 is 0 Å². The van der Waals surface area contributed by atoms with Gasteiger partial charge in [-0.05, 0) is 53.2 Å². The molecule has 130 valence electrons. The normalized spacial score (nSPS) is 11.0. The Morgan fingerprint density at radius 1 is 0.962 bits per heavy atom. The first-order valence-corrected chi connectivity index (χ1v) is 9.56. The monoisotopic (exact) mass is 404 g/mol. The maximum Gasteiger partial charge on any atom is 0.281 e. The number of hydrazine groups is 1. The lowest BCUT2D eigenvalue weighted by Crippen LogP contribution is -2.41. The molecule has 0 spiro atoms. The van der Waals surface area contributed by atoms with Gasteiger partial charge in [0.15, 0.2) is 0 Å². The molecule has 2 aromatic heterocycles. The summed E-state index contributed by atoms with van der Waals surface area (Å²) in [5, 5.41) is 3.73. The Morgan fingerprint density at radius 2 is 1.77 bits per heavy atom. The van der Waals surface area contributed by atoms with Gasteiger partial charge in [-0.15, -0.1) is 22.7 Å². The Hall–Kier alpha value is -2.48. The zero-order valence-corrected chi connectivity index (χ0v) is 15.4. The molecule has 26 heavy (non-hydrogen) atoms. The standard InChI is InChI=1S/C18H10ClFN2O2S2/c19-15-12-3-2-11(20)8-14(12)26-16(15)18(24)22-21-17(23)10-1-4-13-9(7-10)5-6-25-13/h1-8H,(H,21,23)(H,22,24). The Balaban J connectivity index is 1.51. The maximum atomic E-state index is 13.3. The number of halogens is 2. The van der Waals surface area contributed by atoms with Crippen molar-refractivity contribution in [2.45, 2.75) is 0 Å². The minimum absolute atomic E-state index is 0.209. The summed E-state index contributed by atoms with van der Waals surface area (Å²) in [5.74, 6) is -1.39. The van der Waals surface area contributed by atoms with Crippen LogP contribution in [0.3, 0.4) is 0 Å². The lowest BCUT2D eigenvalue weighted by atomic mass is 10.1. The summed E-state index contributed by atoms with van der Waals surface area (Å²) in [6.45, 7) is 0. The average Bonchev–Trinajstić information content (AvgIpc) is 3.23. The molecule has 0 bridgehead atoms. The van der Waals surface area contributed by atoms with Crippen LogP contribution in [0.1, 0.15) is 20.0 Å². The van der Waals surface area contributed by atoms with Crippen LogP contribution in [0.15, 0.2) is 47.8 Å². The van der Waals surface area contributed by atoms with Crippen molar-refractivity contribution in [3.05, 3.63) is 69.1 Å². The fourth-order valence-corrected chi connectivity index (χ4v) is 4.74. The van der Waals surface area contributed by atoms with Crippen LogP contribution < -0.4 is 10.9 Å². The molecule has 2 aromatic carbocycles. The fourth-order valence-electron chi connectivity index (χ4n) is 2.54. The van der Waals surface area contributed by atoms with E-state index in [2.05, 4.69) is 10.9 Å². The van der Waals surface area contributed by atoms with Gasteiger partial charge in [-0.3, -0.25) is 20.4 Å². The minimum Gasteiger partial charge on any atom is -0.267 e. The highest BCUT2D eigenvalue weighted by Gasteiger charge is 2.18. The fraction of sp³-hybridized carbons (Fsp3) is 0. The highest BCUT2D eigenvalue weighted by atomic mass is 35.5. The first-order chi connectivity index (χ1) is 12.5. The maximum absolute atomic E-state index is 13.3. The van der Waals surface area contributed by atoms with Crippen molar-refractivity contribution in [1.29, 1.82) is 0 Å². The topological polar surface area (TPSA) is 58.2 Å². The SMILES string of the molecule is O=C(NNC(=O)c1sc2cc(F)ccc2c1Cl)c1ccc2sccc2c1. The van der Waals surface area contributed by atoms with E-state index < -0.39 is 17.6 Å². The number of hydrogen-bond donors (Lipinski definition) is 2. The summed E-state index contributed by atoms with van der Waals surface area (Å²) in [4.78, 5) is 24.8. The molecule has 2 N–H and O–H groups in total. The van der Waals surface area contributed by atoms with Crippen molar-refractivity contribution >= 4 is 66.3 Å². The van der Waals surface area contributed by atoms with Gasteiger partial charge in [0.25, 0.3) is 11.8 Å². The van der Waals surface area contributed by atoms with E-state index in [1.54, 1.807) is 23.5 Å². The number of carbonyl (C=O) groups is 2. The van der Waals surface area contributed by atoms with Gasteiger partial charge in [0.1, 0.15) is 10.7 Å².